The molecule has 0 saturated heterocycles. The van der Waals surface area contributed by atoms with Gasteiger partial charge in [0.05, 0.1) is 26.5 Å². The molecule has 0 spiro atoms. The van der Waals surface area contributed by atoms with Crippen LogP contribution in [-0.2, 0) is 9.59 Å². The van der Waals surface area contributed by atoms with Crippen molar-refractivity contribution in [3.63, 3.8) is 0 Å². The maximum absolute atomic E-state index is 12.7. The van der Waals surface area contributed by atoms with E-state index < -0.39 is 17.7 Å². The van der Waals surface area contributed by atoms with Crippen molar-refractivity contribution in [3.05, 3.63) is 48.0 Å². The highest BCUT2D eigenvalue weighted by Crippen LogP contribution is 2.28. The number of carbonyl (C=O) groups is 2. The zero-order valence-corrected chi connectivity index (χ0v) is 19.3. The fourth-order valence-corrected chi connectivity index (χ4v) is 2.97. The predicted octanol–water partition coefficient (Wildman–Crippen LogP) is 3.85. The Kier molecular flexibility index (Phi) is 9.07. The van der Waals surface area contributed by atoms with Crippen molar-refractivity contribution in [2.24, 2.45) is 16.9 Å². The molecule has 0 aromatic heterocycles. The summed E-state index contributed by atoms with van der Waals surface area (Å²) in [5.74, 6) is -0.173. The molecule has 8 heteroatoms. The first-order valence-electron chi connectivity index (χ1n) is 10.4. The molecule has 0 aliphatic heterocycles. The van der Waals surface area contributed by atoms with E-state index in [0.29, 0.717) is 28.5 Å². The number of hydrogen-bond donors (Lipinski definition) is 2. The number of benzene rings is 2. The van der Waals surface area contributed by atoms with Crippen molar-refractivity contribution in [2.75, 3.05) is 19.5 Å². The van der Waals surface area contributed by atoms with Gasteiger partial charge in [-0.25, -0.2) is 5.43 Å². The molecule has 8 nitrogen and oxygen atoms in total. The molecule has 2 aromatic rings. The Morgan fingerprint density at radius 1 is 0.906 bits per heavy atom. The van der Waals surface area contributed by atoms with Crippen LogP contribution in [0, 0.1) is 11.8 Å². The fourth-order valence-electron chi connectivity index (χ4n) is 2.97. The van der Waals surface area contributed by atoms with Crippen molar-refractivity contribution < 1.29 is 23.8 Å². The van der Waals surface area contributed by atoms with Crippen LogP contribution in [0.2, 0.25) is 0 Å². The fraction of sp³-hybridized carbons (Fsp3) is 0.375. The van der Waals surface area contributed by atoms with E-state index in [-0.39, 0.29) is 12.0 Å². The van der Waals surface area contributed by atoms with Gasteiger partial charge in [0.25, 0.3) is 5.91 Å². The average Bonchev–Trinajstić information content (AvgIpc) is 2.74. The van der Waals surface area contributed by atoms with E-state index in [9.17, 15) is 9.59 Å². The maximum Gasteiger partial charge on any atom is 0.252 e. The van der Waals surface area contributed by atoms with Gasteiger partial charge in [-0.2, -0.15) is 5.10 Å². The standard InChI is InChI=1S/C24H31N3O5/c1-15(2)22(23(28)26-18-8-10-19(30-5)11-9-18)24(29)27-25-14-17-7-12-20(32-16(3)4)21(13-17)31-6/h7-16,22H,1-6H3,(H,26,28)(H,27,29). The van der Waals surface area contributed by atoms with Gasteiger partial charge >= 0.3 is 0 Å². The van der Waals surface area contributed by atoms with Crippen molar-refractivity contribution in [1.29, 1.82) is 0 Å². The minimum atomic E-state index is -0.911. The largest absolute Gasteiger partial charge is 0.497 e. The lowest BCUT2D eigenvalue weighted by molar-refractivity contribution is -0.134. The van der Waals surface area contributed by atoms with Gasteiger partial charge in [-0.3, -0.25) is 9.59 Å². The molecule has 0 fully saturated rings. The van der Waals surface area contributed by atoms with E-state index in [1.807, 2.05) is 13.8 Å². The summed E-state index contributed by atoms with van der Waals surface area (Å²) >= 11 is 0. The van der Waals surface area contributed by atoms with E-state index >= 15 is 0 Å². The molecule has 0 saturated carbocycles. The molecule has 1 atom stereocenters. The topological polar surface area (TPSA) is 98.2 Å². The van der Waals surface area contributed by atoms with Gasteiger partial charge in [-0.1, -0.05) is 13.8 Å². The maximum atomic E-state index is 12.7. The third-order valence-corrected chi connectivity index (χ3v) is 4.53. The SMILES string of the molecule is COc1ccc(NC(=O)C(C(=O)NN=Cc2ccc(OC(C)C)c(OC)c2)C(C)C)cc1. The third-order valence-electron chi connectivity index (χ3n) is 4.53. The lowest BCUT2D eigenvalue weighted by Gasteiger charge is -2.18. The highest BCUT2D eigenvalue weighted by atomic mass is 16.5. The first-order valence-corrected chi connectivity index (χ1v) is 10.4. The van der Waals surface area contributed by atoms with Crippen LogP contribution in [0.25, 0.3) is 0 Å². The highest BCUT2D eigenvalue weighted by molar-refractivity contribution is 6.06. The smallest absolute Gasteiger partial charge is 0.252 e. The Balaban J connectivity index is 2.04. The molecule has 2 amide bonds. The summed E-state index contributed by atoms with van der Waals surface area (Å²) in [6, 6.07) is 12.2. The zero-order chi connectivity index (χ0) is 23.7. The van der Waals surface area contributed by atoms with Gasteiger partial charge in [-0.15, -0.1) is 0 Å². The van der Waals surface area contributed by atoms with Crippen LogP contribution in [0.5, 0.6) is 17.2 Å². The first kappa shape index (κ1) is 24.7. The summed E-state index contributed by atoms with van der Waals surface area (Å²) in [6.07, 6.45) is 1.50. The second-order valence-electron chi connectivity index (χ2n) is 7.75. The summed E-state index contributed by atoms with van der Waals surface area (Å²) < 4.78 is 16.2. The van der Waals surface area contributed by atoms with E-state index in [4.69, 9.17) is 14.2 Å². The van der Waals surface area contributed by atoms with Gasteiger partial charge in [-0.05, 0) is 67.8 Å². The molecule has 0 radical (unpaired) electrons. The molecule has 2 N–H and O–H groups in total. The van der Waals surface area contributed by atoms with E-state index in [1.54, 1.807) is 70.5 Å². The van der Waals surface area contributed by atoms with Gasteiger partial charge in [0, 0.05) is 5.69 Å². The van der Waals surface area contributed by atoms with E-state index in [0.717, 1.165) is 0 Å². The normalized spacial score (nSPS) is 12.0. The van der Waals surface area contributed by atoms with Crippen LogP contribution in [0.15, 0.2) is 47.6 Å². The Bertz CT molecular complexity index is 939. The number of carbonyl (C=O) groups excluding carboxylic acids is 2. The number of methoxy groups -OCH3 is 2. The van der Waals surface area contributed by atoms with Crippen LogP contribution in [0.1, 0.15) is 33.3 Å². The summed E-state index contributed by atoms with van der Waals surface area (Å²) in [6.45, 7) is 7.47. The second kappa shape index (κ2) is 11.7. The Hall–Kier alpha value is -3.55. The van der Waals surface area contributed by atoms with Crippen molar-refractivity contribution in [2.45, 2.75) is 33.8 Å². The molecule has 2 aromatic carbocycles. The molecule has 172 valence electrons. The molecule has 0 heterocycles. The van der Waals surface area contributed by atoms with Crippen LogP contribution in [0.4, 0.5) is 5.69 Å². The monoisotopic (exact) mass is 441 g/mol. The second-order valence-corrected chi connectivity index (χ2v) is 7.75. The number of nitrogens with one attached hydrogen (secondary N) is 2. The molecular weight excluding hydrogens is 410 g/mol. The van der Waals surface area contributed by atoms with Crippen LogP contribution >= 0.6 is 0 Å². The van der Waals surface area contributed by atoms with Gasteiger partial charge in [0.1, 0.15) is 11.7 Å². The Morgan fingerprint density at radius 3 is 2.16 bits per heavy atom. The number of nitrogens with zero attached hydrogens (tertiary/aromatic N) is 1. The molecule has 0 bridgehead atoms. The quantitative estimate of drug-likeness (QED) is 0.332. The Morgan fingerprint density at radius 2 is 1.59 bits per heavy atom. The van der Waals surface area contributed by atoms with Crippen LogP contribution in [0.3, 0.4) is 0 Å². The molecule has 0 aliphatic carbocycles. The highest BCUT2D eigenvalue weighted by Gasteiger charge is 2.30. The lowest BCUT2D eigenvalue weighted by atomic mass is 9.94. The van der Waals surface area contributed by atoms with Crippen molar-refractivity contribution in [3.8, 4) is 17.2 Å². The number of ether oxygens (including phenoxy) is 3. The minimum absolute atomic E-state index is 0.0136. The van der Waals surface area contributed by atoms with Crippen LogP contribution in [-0.4, -0.2) is 38.4 Å². The number of hydrogen-bond acceptors (Lipinski definition) is 6. The number of amides is 2. The van der Waals surface area contributed by atoms with Crippen molar-refractivity contribution in [1.82, 2.24) is 5.43 Å². The number of anilines is 1. The first-order chi connectivity index (χ1) is 15.2. The summed E-state index contributed by atoms with van der Waals surface area (Å²) in [5, 5.41) is 6.77. The molecule has 1 unspecified atom stereocenters. The zero-order valence-electron chi connectivity index (χ0n) is 19.3. The molecular formula is C24H31N3O5. The molecule has 0 aliphatic rings. The third kappa shape index (κ3) is 7.01. The Labute approximate surface area is 188 Å². The molecule has 32 heavy (non-hydrogen) atoms. The molecule has 2 rings (SSSR count). The number of hydrazone groups is 1. The van der Waals surface area contributed by atoms with Crippen molar-refractivity contribution >= 4 is 23.7 Å². The lowest BCUT2D eigenvalue weighted by Crippen LogP contribution is -2.39. The van der Waals surface area contributed by atoms with E-state index in [2.05, 4.69) is 15.8 Å². The van der Waals surface area contributed by atoms with E-state index in [1.165, 1.54) is 6.21 Å². The predicted molar refractivity (Wildman–Crippen MR) is 124 cm³/mol. The van der Waals surface area contributed by atoms with Crippen LogP contribution < -0.4 is 25.0 Å². The van der Waals surface area contributed by atoms with Gasteiger partial charge in [0.15, 0.2) is 11.5 Å². The summed E-state index contributed by atoms with van der Waals surface area (Å²) in [7, 11) is 3.12. The summed E-state index contributed by atoms with van der Waals surface area (Å²) in [5.41, 5.74) is 3.75. The van der Waals surface area contributed by atoms with Gasteiger partial charge < -0.3 is 19.5 Å². The average molecular weight is 442 g/mol. The minimum Gasteiger partial charge on any atom is -0.497 e. The van der Waals surface area contributed by atoms with Gasteiger partial charge in [0.2, 0.25) is 5.91 Å². The summed E-state index contributed by atoms with van der Waals surface area (Å²) in [4.78, 5) is 25.4. The number of rotatable bonds is 10.